The van der Waals surface area contributed by atoms with Crippen LogP contribution in [0, 0.1) is 11.6 Å². The molecule has 2 aromatic heterocycles. The molecule has 2 aliphatic carbocycles. The SMILES string of the molecule is O=c1c2c3c(sc2ncn1C1Cc2ccccc2C1)C[C@@H](NCc1cccc(F)c1F)CC3. The van der Waals surface area contributed by atoms with Gasteiger partial charge in [-0.3, -0.25) is 9.36 Å². The average Bonchev–Trinajstić information content (AvgIpc) is 3.41. The summed E-state index contributed by atoms with van der Waals surface area (Å²) in [5, 5.41) is 4.14. The Labute approximate surface area is 193 Å². The number of hydrogen-bond acceptors (Lipinski definition) is 4. The molecule has 7 heteroatoms. The zero-order chi connectivity index (χ0) is 22.5. The Morgan fingerprint density at radius 3 is 2.64 bits per heavy atom. The summed E-state index contributed by atoms with van der Waals surface area (Å²) in [5.74, 6) is -1.61. The van der Waals surface area contributed by atoms with Crippen LogP contribution >= 0.6 is 11.3 Å². The summed E-state index contributed by atoms with van der Waals surface area (Å²) in [6.07, 6.45) is 5.83. The Hall–Kier alpha value is -2.90. The average molecular weight is 464 g/mol. The van der Waals surface area contributed by atoms with Crippen LogP contribution < -0.4 is 10.9 Å². The van der Waals surface area contributed by atoms with Crippen molar-refractivity contribution >= 4 is 21.6 Å². The summed E-state index contributed by atoms with van der Waals surface area (Å²) >= 11 is 1.58. The molecule has 2 aliphatic rings. The van der Waals surface area contributed by atoms with E-state index in [1.165, 1.54) is 22.1 Å². The number of aryl methyl sites for hydroxylation is 1. The van der Waals surface area contributed by atoms with Gasteiger partial charge in [-0.2, -0.15) is 0 Å². The van der Waals surface area contributed by atoms with Crippen molar-refractivity contribution < 1.29 is 8.78 Å². The maximum absolute atomic E-state index is 14.0. The first-order chi connectivity index (χ1) is 16.1. The largest absolute Gasteiger partial charge is 0.309 e. The van der Waals surface area contributed by atoms with Crippen LogP contribution in [-0.2, 0) is 32.2 Å². The molecule has 2 heterocycles. The third-order valence-corrected chi connectivity index (χ3v) is 8.19. The lowest BCUT2D eigenvalue weighted by molar-refractivity contribution is 0.445. The van der Waals surface area contributed by atoms with Gasteiger partial charge in [0, 0.05) is 29.1 Å². The Bertz CT molecular complexity index is 1400. The Morgan fingerprint density at radius 1 is 1.06 bits per heavy atom. The first kappa shape index (κ1) is 20.7. The molecule has 0 saturated carbocycles. The standard InChI is InChI=1S/C26H23F2N3OS/c27-21-7-3-6-17(24(21)28)13-29-18-8-9-20-22(12-18)33-25-23(20)26(32)31(14-30-25)19-10-15-4-1-2-5-16(15)11-19/h1-7,14,18-19,29H,8-13H2/t18-/m0/s1. The van der Waals surface area contributed by atoms with Crippen LogP contribution in [0.3, 0.4) is 0 Å². The zero-order valence-electron chi connectivity index (χ0n) is 18.0. The predicted octanol–water partition coefficient (Wildman–Crippen LogP) is 4.72. The molecule has 2 aromatic carbocycles. The van der Waals surface area contributed by atoms with Gasteiger partial charge in [-0.05, 0) is 54.9 Å². The van der Waals surface area contributed by atoms with E-state index in [-0.39, 0.29) is 24.2 Å². The molecular formula is C26H23F2N3OS. The number of halogens is 2. The van der Waals surface area contributed by atoms with Crippen molar-refractivity contribution in [2.24, 2.45) is 0 Å². The molecule has 0 aliphatic heterocycles. The third kappa shape index (κ3) is 3.60. The number of nitrogens with one attached hydrogen (secondary N) is 1. The number of fused-ring (bicyclic) bond motifs is 4. The summed E-state index contributed by atoms with van der Waals surface area (Å²) in [5.41, 5.74) is 4.13. The monoisotopic (exact) mass is 463 g/mol. The van der Waals surface area contributed by atoms with Crippen LogP contribution in [0.15, 0.2) is 53.6 Å². The van der Waals surface area contributed by atoms with Gasteiger partial charge in [0.1, 0.15) is 4.83 Å². The fraction of sp³-hybridized carbons (Fsp3) is 0.308. The molecule has 0 bridgehead atoms. The van der Waals surface area contributed by atoms with Gasteiger partial charge in [0.25, 0.3) is 5.56 Å². The number of thiophene rings is 1. The smallest absolute Gasteiger partial charge is 0.262 e. The summed E-state index contributed by atoms with van der Waals surface area (Å²) in [6, 6.07) is 12.9. The first-order valence-corrected chi connectivity index (χ1v) is 12.1. The van der Waals surface area contributed by atoms with E-state index in [0.717, 1.165) is 54.0 Å². The van der Waals surface area contributed by atoms with Crippen molar-refractivity contribution in [2.75, 3.05) is 0 Å². The molecule has 0 saturated heterocycles. The molecule has 33 heavy (non-hydrogen) atoms. The Balaban J connectivity index is 1.24. The highest BCUT2D eigenvalue weighted by molar-refractivity contribution is 7.18. The van der Waals surface area contributed by atoms with Gasteiger partial charge >= 0.3 is 0 Å². The number of rotatable bonds is 4. The molecule has 0 fully saturated rings. The number of benzene rings is 2. The van der Waals surface area contributed by atoms with E-state index < -0.39 is 11.6 Å². The zero-order valence-corrected chi connectivity index (χ0v) is 18.8. The molecule has 168 valence electrons. The van der Waals surface area contributed by atoms with E-state index >= 15 is 0 Å². The molecule has 1 N–H and O–H groups in total. The second-order valence-corrected chi connectivity index (χ2v) is 10.1. The van der Waals surface area contributed by atoms with Crippen molar-refractivity contribution in [2.45, 2.75) is 50.7 Å². The minimum atomic E-state index is -0.822. The summed E-state index contributed by atoms with van der Waals surface area (Å²) in [7, 11) is 0. The van der Waals surface area contributed by atoms with Crippen LogP contribution in [0.4, 0.5) is 8.78 Å². The summed E-state index contributed by atoms with van der Waals surface area (Å²) < 4.78 is 29.3. The minimum absolute atomic E-state index is 0.0588. The summed E-state index contributed by atoms with van der Waals surface area (Å²) in [6.45, 7) is 0.280. The molecule has 0 radical (unpaired) electrons. The third-order valence-electron chi connectivity index (χ3n) is 7.03. The van der Waals surface area contributed by atoms with Gasteiger partial charge in [-0.1, -0.05) is 36.4 Å². The number of aromatic nitrogens is 2. The second kappa shape index (κ2) is 8.15. The highest BCUT2D eigenvalue weighted by atomic mass is 32.1. The van der Waals surface area contributed by atoms with E-state index in [2.05, 4.69) is 22.4 Å². The van der Waals surface area contributed by atoms with Gasteiger partial charge in [0.05, 0.1) is 11.7 Å². The van der Waals surface area contributed by atoms with Crippen LogP contribution in [0.5, 0.6) is 0 Å². The van der Waals surface area contributed by atoms with Gasteiger partial charge in [0.2, 0.25) is 0 Å². The maximum atomic E-state index is 14.0. The normalized spacial score (nSPS) is 17.9. The van der Waals surface area contributed by atoms with Crippen molar-refractivity contribution in [3.05, 3.63) is 97.9 Å². The maximum Gasteiger partial charge on any atom is 0.262 e. The van der Waals surface area contributed by atoms with Crippen molar-refractivity contribution in [3.8, 4) is 0 Å². The van der Waals surface area contributed by atoms with E-state index in [1.807, 2.05) is 16.7 Å². The number of hydrogen-bond donors (Lipinski definition) is 1. The lowest BCUT2D eigenvalue weighted by Crippen LogP contribution is -2.34. The fourth-order valence-electron chi connectivity index (χ4n) is 5.29. The topological polar surface area (TPSA) is 46.9 Å². The lowest BCUT2D eigenvalue weighted by Gasteiger charge is -2.23. The lowest BCUT2D eigenvalue weighted by atomic mass is 9.93. The molecule has 4 aromatic rings. The molecule has 4 nitrogen and oxygen atoms in total. The van der Waals surface area contributed by atoms with Gasteiger partial charge in [0.15, 0.2) is 11.6 Å². The molecule has 6 rings (SSSR count). The predicted molar refractivity (Wildman–Crippen MR) is 126 cm³/mol. The van der Waals surface area contributed by atoms with E-state index in [1.54, 1.807) is 23.7 Å². The van der Waals surface area contributed by atoms with Crippen LogP contribution in [0.2, 0.25) is 0 Å². The number of nitrogens with zero attached hydrogens (tertiary/aromatic N) is 2. The fourth-order valence-corrected chi connectivity index (χ4v) is 6.54. The van der Waals surface area contributed by atoms with Crippen LogP contribution in [0.25, 0.3) is 10.2 Å². The highest BCUT2D eigenvalue weighted by Crippen LogP contribution is 2.35. The molecule has 0 unspecified atom stereocenters. The Morgan fingerprint density at radius 2 is 1.85 bits per heavy atom. The van der Waals surface area contributed by atoms with Gasteiger partial charge in [-0.25, -0.2) is 13.8 Å². The van der Waals surface area contributed by atoms with Crippen molar-refractivity contribution in [1.82, 2.24) is 14.9 Å². The second-order valence-electron chi connectivity index (χ2n) is 9.01. The van der Waals surface area contributed by atoms with Crippen molar-refractivity contribution in [1.29, 1.82) is 0 Å². The highest BCUT2D eigenvalue weighted by Gasteiger charge is 2.28. The van der Waals surface area contributed by atoms with Crippen LogP contribution in [0.1, 0.15) is 39.6 Å². The van der Waals surface area contributed by atoms with Crippen LogP contribution in [-0.4, -0.2) is 15.6 Å². The quantitative estimate of drug-likeness (QED) is 0.476. The Kier molecular flexibility index (Phi) is 5.11. The molecule has 1 atom stereocenters. The molecular weight excluding hydrogens is 440 g/mol. The molecule has 0 spiro atoms. The van der Waals surface area contributed by atoms with E-state index in [0.29, 0.717) is 5.56 Å². The summed E-state index contributed by atoms with van der Waals surface area (Å²) in [4.78, 5) is 20.1. The van der Waals surface area contributed by atoms with E-state index in [9.17, 15) is 13.6 Å². The van der Waals surface area contributed by atoms with E-state index in [4.69, 9.17) is 0 Å². The van der Waals surface area contributed by atoms with Gasteiger partial charge in [-0.15, -0.1) is 11.3 Å². The first-order valence-electron chi connectivity index (χ1n) is 11.3. The van der Waals surface area contributed by atoms with Gasteiger partial charge < -0.3 is 5.32 Å². The minimum Gasteiger partial charge on any atom is -0.309 e. The van der Waals surface area contributed by atoms with Crippen molar-refractivity contribution in [3.63, 3.8) is 0 Å². The molecule has 0 amide bonds.